The summed E-state index contributed by atoms with van der Waals surface area (Å²) in [5, 5.41) is 8.70. The Hall–Kier alpha value is -0.0800. The van der Waals surface area contributed by atoms with Crippen LogP contribution in [-0.2, 0) is 0 Å². The molecule has 92 valence electrons. The highest BCUT2D eigenvalue weighted by molar-refractivity contribution is 4.62. The van der Waals surface area contributed by atoms with Crippen LogP contribution in [0.25, 0.3) is 0 Å². The van der Waals surface area contributed by atoms with E-state index in [1.165, 1.54) is 38.8 Å². The van der Waals surface area contributed by atoms with Crippen LogP contribution in [0.1, 0.15) is 59.3 Å². The second kappa shape index (κ2) is 10.4. The minimum Gasteiger partial charge on any atom is -0.396 e. The molecule has 0 aliphatic heterocycles. The van der Waals surface area contributed by atoms with Crippen LogP contribution in [0.2, 0.25) is 0 Å². The lowest BCUT2D eigenvalue weighted by Crippen LogP contribution is -2.32. The Morgan fingerprint density at radius 2 is 1.53 bits per heavy atom. The van der Waals surface area contributed by atoms with Crippen LogP contribution in [0.4, 0.5) is 0 Å². The Balaban J connectivity index is 3.54. The lowest BCUT2D eigenvalue weighted by atomic mass is 10.2. The summed E-state index contributed by atoms with van der Waals surface area (Å²) in [6.45, 7) is 9.58. The van der Waals surface area contributed by atoms with Gasteiger partial charge in [0.2, 0.25) is 0 Å². The third-order valence-corrected chi connectivity index (χ3v) is 2.88. The molecule has 0 bridgehead atoms. The molecule has 0 rings (SSSR count). The zero-order valence-corrected chi connectivity index (χ0v) is 10.8. The molecular weight excluding hydrogens is 186 g/mol. The van der Waals surface area contributed by atoms with Crippen LogP contribution < -0.4 is 0 Å². The maximum atomic E-state index is 8.70. The summed E-state index contributed by atoms with van der Waals surface area (Å²) in [6, 6.07) is 0.663. The maximum absolute atomic E-state index is 8.70. The zero-order valence-electron chi connectivity index (χ0n) is 10.8. The molecular formula is C13H29NO. The Morgan fingerprint density at radius 1 is 0.933 bits per heavy atom. The van der Waals surface area contributed by atoms with Crippen LogP contribution in [0.5, 0.6) is 0 Å². The normalized spacial score (nSPS) is 11.6. The van der Waals surface area contributed by atoms with Gasteiger partial charge in [-0.1, -0.05) is 19.8 Å². The fraction of sp³-hybridized carbons (Fsp3) is 1.00. The molecule has 0 saturated heterocycles. The zero-order chi connectivity index (χ0) is 11.5. The van der Waals surface area contributed by atoms with Crippen LogP contribution in [0.3, 0.4) is 0 Å². The molecule has 0 heterocycles. The van der Waals surface area contributed by atoms with Crippen LogP contribution in [-0.4, -0.2) is 35.7 Å². The number of hydrogen-bond donors (Lipinski definition) is 1. The quantitative estimate of drug-likeness (QED) is 0.566. The van der Waals surface area contributed by atoms with Gasteiger partial charge in [-0.3, -0.25) is 0 Å². The summed E-state index contributed by atoms with van der Waals surface area (Å²) >= 11 is 0. The second-order valence-electron chi connectivity index (χ2n) is 4.62. The molecule has 0 unspecified atom stereocenters. The Morgan fingerprint density at radius 3 is 2.00 bits per heavy atom. The van der Waals surface area contributed by atoms with E-state index in [-0.39, 0.29) is 0 Å². The molecule has 0 amide bonds. The van der Waals surface area contributed by atoms with Gasteiger partial charge in [0, 0.05) is 12.6 Å². The van der Waals surface area contributed by atoms with Gasteiger partial charge in [-0.05, 0) is 52.6 Å². The minimum absolute atomic E-state index is 0.345. The fourth-order valence-electron chi connectivity index (χ4n) is 1.80. The third-order valence-electron chi connectivity index (χ3n) is 2.88. The van der Waals surface area contributed by atoms with Gasteiger partial charge in [0.1, 0.15) is 0 Å². The van der Waals surface area contributed by atoms with E-state index in [1.807, 2.05) is 0 Å². The highest BCUT2D eigenvalue weighted by Gasteiger charge is 2.07. The summed E-state index contributed by atoms with van der Waals surface area (Å²) in [5.41, 5.74) is 0. The van der Waals surface area contributed by atoms with Crippen molar-refractivity contribution in [2.24, 2.45) is 0 Å². The molecule has 1 N–H and O–H groups in total. The van der Waals surface area contributed by atoms with Gasteiger partial charge in [-0.15, -0.1) is 0 Å². The molecule has 0 radical (unpaired) electrons. The standard InChI is InChI=1S/C13H29NO/c1-4-5-7-10-14(13(2)3)11-8-6-9-12-15/h13,15H,4-12H2,1-3H3. The van der Waals surface area contributed by atoms with Crippen molar-refractivity contribution in [1.82, 2.24) is 4.90 Å². The predicted octanol–water partition coefficient (Wildman–Crippen LogP) is 3.05. The number of nitrogens with zero attached hydrogens (tertiary/aromatic N) is 1. The van der Waals surface area contributed by atoms with Crippen molar-refractivity contribution in [3.8, 4) is 0 Å². The van der Waals surface area contributed by atoms with E-state index in [0.717, 1.165) is 12.8 Å². The van der Waals surface area contributed by atoms with E-state index >= 15 is 0 Å². The first-order valence-corrected chi connectivity index (χ1v) is 6.57. The van der Waals surface area contributed by atoms with Crippen molar-refractivity contribution in [3.63, 3.8) is 0 Å². The molecule has 2 heteroatoms. The summed E-state index contributed by atoms with van der Waals surface area (Å²) in [4.78, 5) is 2.56. The smallest absolute Gasteiger partial charge is 0.0431 e. The number of hydrogen-bond acceptors (Lipinski definition) is 2. The molecule has 0 aliphatic carbocycles. The van der Waals surface area contributed by atoms with Gasteiger partial charge in [-0.25, -0.2) is 0 Å². The predicted molar refractivity (Wildman–Crippen MR) is 67.2 cm³/mol. The molecule has 0 aromatic heterocycles. The number of unbranched alkanes of at least 4 members (excludes halogenated alkanes) is 4. The average molecular weight is 215 g/mol. The molecule has 0 spiro atoms. The van der Waals surface area contributed by atoms with Crippen molar-refractivity contribution in [2.45, 2.75) is 65.3 Å². The largest absolute Gasteiger partial charge is 0.396 e. The molecule has 0 atom stereocenters. The van der Waals surface area contributed by atoms with Crippen LogP contribution >= 0.6 is 0 Å². The number of aliphatic hydroxyl groups excluding tert-OH is 1. The van der Waals surface area contributed by atoms with Crippen LogP contribution in [0.15, 0.2) is 0 Å². The lowest BCUT2D eigenvalue weighted by Gasteiger charge is -2.26. The maximum Gasteiger partial charge on any atom is 0.0431 e. The van der Waals surface area contributed by atoms with E-state index in [2.05, 4.69) is 25.7 Å². The Labute approximate surface area is 95.7 Å². The van der Waals surface area contributed by atoms with Crippen molar-refractivity contribution in [1.29, 1.82) is 0 Å². The molecule has 0 fully saturated rings. The molecule has 0 saturated carbocycles. The monoisotopic (exact) mass is 215 g/mol. The van der Waals surface area contributed by atoms with Crippen molar-refractivity contribution in [2.75, 3.05) is 19.7 Å². The molecule has 0 aromatic carbocycles. The Kier molecular flexibility index (Phi) is 10.4. The van der Waals surface area contributed by atoms with Gasteiger partial charge in [-0.2, -0.15) is 0 Å². The number of rotatable bonds is 10. The number of aliphatic hydroxyl groups is 1. The van der Waals surface area contributed by atoms with E-state index in [9.17, 15) is 0 Å². The van der Waals surface area contributed by atoms with Gasteiger partial charge < -0.3 is 10.0 Å². The first-order chi connectivity index (χ1) is 7.22. The summed E-state index contributed by atoms with van der Waals surface area (Å²) < 4.78 is 0. The van der Waals surface area contributed by atoms with Crippen molar-refractivity contribution in [3.05, 3.63) is 0 Å². The molecule has 15 heavy (non-hydrogen) atoms. The van der Waals surface area contributed by atoms with Gasteiger partial charge in [0.15, 0.2) is 0 Å². The van der Waals surface area contributed by atoms with E-state index in [4.69, 9.17) is 5.11 Å². The fourth-order valence-corrected chi connectivity index (χ4v) is 1.80. The van der Waals surface area contributed by atoms with Gasteiger partial charge >= 0.3 is 0 Å². The highest BCUT2D eigenvalue weighted by atomic mass is 16.2. The summed E-state index contributed by atoms with van der Waals surface area (Å²) in [5.74, 6) is 0. The lowest BCUT2D eigenvalue weighted by molar-refractivity contribution is 0.208. The summed E-state index contributed by atoms with van der Waals surface area (Å²) in [6.07, 6.45) is 7.32. The molecule has 0 aromatic rings. The van der Waals surface area contributed by atoms with E-state index in [0.29, 0.717) is 12.6 Å². The van der Waals surface area contributed by atoms with E-state index < -0.39 is 0 Å². The third kappa shape index (κ3) is 8.88. The highest BCUT2D eigenvalue weighted by Crippen LogP contribution is 2.06. The summed E-state index contributed by atoms with van der Waals surface area (Å²) in [7, 11) is 0. The molecule has 0 aliphatic rings. The van der Waals surface area contributed by atoms with Gasteiger partial charge in [0.25, 0.3) is 0 Å². The minimum atomic E-state index is 0.345. The topological polar surface area (TPSA) is 23.5 Å². The Bertz CT molecular complexity index is 126. The SMILES string of the molecule is CCCCCN(CCCCCO)C(C)C. The molecule has 2 nitrogen and oxygen atoms in total. The first kappa shape index (κ1) is 14.9. The first-order valence-electron chi connectivity index (χ1n) is 6.57. The second-order valence-corrected chi connectivity index (χ2v) is 4.62. The van der Waals surface area contributed by atoms with Crippen LogP contribution in [0, 0.1) is 0 Å². The van der Waals surface area contributed by atoms with Gasteiger partial charge in [0.05, 0.1) is 0 Å². The van der Waals surface area contributed by atoms with Crippen molar-refractivity contribution >= 4 is 0 Å². The van der Waals surface area contributed by atoms with E-state index in [1.54, 1.807) is 0 Å². The van der Waals surface area contributed by atoms with Crippen molar-refractivity contribution < 1.29 is 5.11 Å². The average Bonchev–Trinajstić information content (AvgIpc) is 2.21.